The van der Waals surface area contributed by atoms with Crippen molar-refractivity contribution in [2.45, 2.75) is 13.3 Å². The van der Waals surface area contributed by atoms with Gasteiger partial charge in [0, 0.05) is 17.3 Å². The molecule has 0 radical (unpaired) electrons. The van der Waals surface area contributed by atoms with Gasteiger partial charge in [0.15, 0.2) is 0 Å². The van der Waals surface area contributed by atoms with Gasteiger partial charge in [-0.05, 0) is 30.2 Å². The molecule has 3 nitrogen and oxygen atoms in total. The average Bonchev–Trinajstić information content (AvgIpc) is 2.96. The maximum absolute atomic E-state index is 12.5. The van der Waals surface area contributed by atoms with Gasteiger partial charge in [-0.1, -0.05) is 37.3 Å². The van der Waals surface area contributed by atoms with Crippen molar-refractivity contribution in [2.24, 2.45) is 0 Å². The molecule has 0 spiro atoms. The third kappa shape index (κ3) is 2.18. The Kier molecular flexibility index (Phi) is 3.25. The molecule has 20 heavy (non-hydrogen) atoms. The van der Waals surface area contributed by atoms with Gasteiger partial charge in [0.25, 0.3) is 5.91 Å². The van der Waals surface area contributed by atoms with Gasteiger partial charge in [-0.3, -0.25) is 4.79 Å². The van der Waals surface area contributed by atoms with Gasteiger partial charge in [-0.25, -0.2) is 0 Å². The van der Waals surface area contributed by atoms with Crippen LogP contribution in [0.1, 0.15) is 22.8 Å². The number of aryl methyl sites for hydroxylation is 1. The van der Waals surface area contributed by atoms with Crippen molar-refractivity contribution in [2.75, 3.05) is 5.32 Å². The number of rotatable bonds is 3. The Morgan fingerprint density at radius 1 is 1.10 bits per heavy atom. The predicted octanol–water partition coefficient (Wildman–Crippen LogP) is 3.98. The van der Waals surface area contributed by atoms with Crippen LogP contribution >= 0.6 is 0 Å². The Hall–Kier alpha value is -2.55. The minimum atomic E-state index is -0.0843. The highest BCUT2D eigenvalue weighted by molar-refractivity contribution is 6.12. The fourth-order valence-electron chi connectivity index (χ4n) is 2.41. The van der Waals surface area contributed by atoms with Crippen molar-refractivity contribution in [3.63, 3.8) is 0 Å². The summed E-state index contributed by atoms with van der Waals surface area (Å²) in [5.41, 5.74) is 3.56. The first-order valence-electron chi connectivity index (χ1n) is 6.75. The lowest BCUT2D eigenvalue weighted by Gasteiger charge is -2.10. The van der Waals surface area contributed by atoms with Gasteiger partial charge < -0.3 is 10.3 Å². The van der Waals surface area contributed by atoms with E-state index in [0.717, 1.165) is 28.6 Å². The van der Waals surface area contributed by atoms with E-state index in [4.69, 9.17) is 0 Å². The van der Waals surface area contributed by atoms with Crippen LogP contribution in [0.25, 0.3) is 10.9 Å². The van der Waals surface area contributed by atoms with Gasteiger partial charge in [0.2, 0.25) is 0 Å². The van der Waals surface area contributed by atoms with Gasteiger partial charge in [0.05, 0.1) is 11.1 Å². The third-order valence-corrected chi connectivity index (χ3v) is 3.48. The first-order valence-corrected chi connectivity index (χ1v) is 6.75. The molecule has 2 aromatic carbocycles. The summed E-state index contributed by atoms with van der Waals surface area (Å²) in [5, 5.41) is 4.04. The Balaban J connectivity index is 1.95. The summed E-state index contributed by atoms with van der Waals surface area (Å²) in [6, 6.07) is 15.6. The number of amides is 1. The van der Waals surface area contributed by atoms with Crippen LogP contribution in [0.15, 0.2) is 54.7 Å². The third-order valence-electron chi connectivity index (χ3n) is 3.48. The van der Waals surface area contributed by atoms with E-state index in [2.05, 4.69) is 17.2 Å². The number of aromatic nitrogens is 1. The molecular weight excluding hydrogens is 248 g/mol. The smallest absolute Gasteiger partial charge is 0.257 e. The number of carbonyl (C=O) groups is 1. The van der Waals surface area contributed by atoms with Gasteiger partial charge in [-0.2, -0.15) is 0 Å². The number of carbonyl (C=O) groups excluding carboxylic acids is 1. The second kappa shape index (κ2) is 5.21. The molecule has 2 N–H and O–H groups in total. The van der Waals surface area contributed by atoms with Gasteiger partial charge in [0.1, 0.15) is 0 Å². The first-order chi connectivity index (χ1) is 9.79. The normalized spacial score (nSPS) is 10.7. The largest absolute Gasteiger partial charge is 0.361 e. The minimum absolute atomic E-state index is 0.0843. The number of nitrogens with one attached hydrogen (secondary N) is 2. The molecule has 0 saturated carbocycles. The maximum atomic E-state index is 12.5. The maximum Gasteiger partial charge on any atom is 0.257 e. The lowest BCUT2D eigenvalue weighted by molar-refractivity contribution is 0.102. The van der Waals surface area contributed by atoms with E-state index in [1.54, 1.807) is 0 Å². The first kappa shape index (κ1) is 12.5. The fourth-order valence-corrected chi connectivity index (χ4v) is 2.41. The van der Waals surface area contributed by atoms with Gasteiger partial charge >= 0.3 is 0 Å². The van der Waals surface area contributed by atoms with Crippen molar-refractivity contribution in [1.82, 2.24) is 4.98 Å². The highest BCUT2D eigenvalue weighted by Crippen LogP contribution is 2.20. The number of hydrogen-bond donors (Lipinski definition) is 2. The number of aromatic amines is 1. The highest BCUT2D eigenvalue weighted by Gasteiger charge is 2.12. The van der Waals surface area contributed by atoms with Crippen LogP contribution in [0.2, 0.25) is 0 Å². The van der Waals surface area contributed by atoms with Crippen LogP contribution in [0.5, 0.6) is 0 Å². The fraction of sp³-hybridized carbons (Fsp3) is 0.118. The molecule has 0 bridgehead atoms. The Labute approximate surface area is 117 Å². The molecule has 1 aromatic heterocycles. The zero-order valence-corrected chi connectivity index (χ0v) is 11.3. The summed E-state index contributed by atoms with van der Waals surface area (Å²) >= 11 is 0. The minimum Gasteiger partial charge on any atom is -0.361 e. The zero-order chi connectivity index (χ0) is 13.9. The van der Waals surface area contributed by atoms with Crippen molar-refractivity contribution < 1.29 is 4.79 Å². The molecule has 0 saturated heterocycles. The second-order valence-electron chi connectivity index (χ2n) is 4.71. The van der Waals surface area contributed by atoms with Crippen LogP contribution in [-0.4, -0.2) is 10.9 Å². The second-order valence-corrected chi connectivity index (χ2v) is 4.71. The van der Waals surface area contributed by atoms with E-state index in [-0.39, 0.29) is 5.91 Å². The quantitative estimate of drug-likeness (QED) is 0.738. The molecule has 0 fully saturated rings. The summed E-state index contributed by atoms with van der Waals surface area (Å²) < 4.78 is 0. The molecule has 0 atom stereocenters. The summed E-state index contributed by atoms with van der Waals surface area (Å²) in [6.07, 6.45) is 2.74. The average molecular weight is 264 g/mol. The molecule has 0 aliphatic rings. The van der Waals surface area contributed by atoms with Crippen LogP contribution < -0.4 is 5.32 Å². The molecule has 0 aliphatic carbocycles. The van der Waals surface area contributed by atoms with E-state index >= 15 is 0 Å². The van der Waals surface area contributed by atoms with E-state index in [9.17, 15) is 4.79 Å². The zero-order valence-electron chi connectivity index (χ0n) is 11.3. The van der Waals surface area contributed by atoms with Crippen molar-refractivity contribution >= 4 is 22.5 Å². The Morgan fingerprint density at radius 3 is 2.80 bits per heavy atom. The van der Waals surface area contributed by atoms with Crippen molar-refractivity contribution in [3.8, 4) is 0 Å². The monoisotopic (exact) mass is 264 g/mol. The van der Waals surface area contributed by atoms with E-state index < -0.39 is 0 Å². The molecule has 3 rings (SSSR count). The van der Waals surface area contributed by atoms with Crippen LogP contribution in [0.4, 0.5) is 5.69 Å². The summed E-state index contributed by atoms with van der Waals surface area (Å²) in [7, 11) is 0. The molecule has 3 heteroatoms. The molecule has 0 unspecified atom stereocenters. The topological polar surface area (TPSA) is 44.9 Å². The van der Waals surface area contributed by atoms with Crippen LogP contribution in [-0.2, 0) is 6.42 Å². The van der Waals surface area contributed by atoms with Crippen LogP contribution in [0, 0.1) is 0 Å². The highest BCUT2D eigenvalue weighted by atomic mass is 16.1. The number of fused-ring (bicyclic) bond motifs is 1. The predicted molar refractivity (Wildman–Crippen MR) is 82.1 cm³/mol. The lowest BCUT2D eigenvalue weighted by atomic mass is 10.1. The number of anilines is 1. The molecule has 100 valence electrons. The molecule has 1 amide bonds. The molecule has 0 aliphatic heterocycles. The standard InChI is InChI=1S/C17H16N2O/c1-2-12-6-3-4-9-15(12)19-17(20)14-8-5-7-13-10-11-18-16(13)14/h3-11,18H,2H2,1H3,(H,19,20). The van der Waals surface area contributed by atoms with E-state index in [1.807, 2.05) is 54.7 Å². The summed E-state index contributed by atoms with van der Waals surface area (Å²) in [6.45, 7) is 2.08. The van der Waals surface area contributed by atoms with E-state index in [0.29, 0.717) is 5.56 Å². The lowest BCUT2D eigenvalue weighted by Crippen LogP contribution is -2.13. The summed E-state index contributed by atoms with van der Waals surface area (Å²) in [4.78, 5) is 15.6. The Morgan fingerprint density at radius 2 is 1.95 bits per heavy atom. The summed E-state index contributed by atoms with van der Waals surface area (Å²) in [5.74, 6) is -0.0843. The SMILES string of the molecule is CCc1ccccc1NC(=O)c1cccc2cc[nH]c12. The molecular formula is C17H16N2O. The molecule has 3 aromatic rings. The van der Waals surface area contributed by atoms with Gasteiger partial charge in [-0.15, -0.1) is 0 Å². The number of benzene rings is 2. The number of hydrogen-bond acceptors (Lipinski definition) is 1. The van der Waals surface area contributed by atoms with Crippen molar-refractivity contribution in [3.05, 3.63) is 65.9 Å². The molecule has 1 heterocycles. The van der Waals surface area contributed by atoms with Crippen molar-refractivity contribution in [1.29, 1.82) is 0 Å². The van der Waals surface area contributed by atoms with Crippen LogP contribution in [0.3, 0.4) is 0 Å². The number of H-pyrrole nitrogens is 1. The Bertz CT molecular complexity index is 758. The number of para-hydroxylation sites is 2. The van der Waals surface area contributed by atoms with E-state index in [1.165, 1.54) is 0 Å².